The monoisotopic (exact) mass is 469 g/mol. The Kier molecular flexibility index (Phi) is 6.18. The molecule has 2 aromatic rings. The summed E-state index contributed by atoms with van der Waals surface area (Å²) in [5.41, 5.74) is 0.975. The Balaban J connectivity index is 1.40. The molecule has 166 valence electrons. The van der Waals surface area contributed by atoms with Gasteiger partial charge < -0.3 is 10.2 Å². The zero-order valence-corrected chi connectivity index (χ0v) is 18.2. The molecule has 1 heterocycles. The SMILES string of the molecule is O=C(NC(c1ccc(Cl)cc1)C1CC1)N1CCN(S(=O)(=O)c2cc(F)ccc2F)CC1. The van der Waals surface area contributed by atoms with E-state index in [0.29, 0.717) is 17.0 Å². The van der Waals surface area contributed by atoms with Crippen molar-refractivity contribution in [1.29, 1.82) is 0 Å². The summed E-state index contributed by atoms with van der Waals surface area (Å²) >= 11 is 5.96. The van der Waals surface area contributed by atoms with E-state index in [0.717, 1.165) is 34.8 Å². The molecule has 1 atom stereocenters. The van der Waals surface area contributed by atoms with E-state index in [1.165, 1.54) is 0 Å². The molecule has 6 nitrogen and oxygen atoms in total. The maximum Gasteiger partial charge on any atom is 0.317 e. The highest BCUT2D eigenvalue weighted by molar-refractivity contribution is 7.89. The van der Waals surface area contributed by atoms with Gasteiger partial charge in [0.2, 0.25) is 10.0 Å². The topological polar surface area (TPSA) is 69.7 Å². The summed E-state index contributed by atoms with van der Waals surface area (Å²) < 4.78 is 53.9. The van der Waals surface area contributed by atoms with Gasteiger partial charge in [-0.05, 0) is 54.7 Å². The summed E-state index contributed by atoms with van der Waals surface area (Å²) in [7, 11) is -4.19. The lowest BCUT2D eigenvalue weighted by molar-refractivity contribution is 0.167. The molecule has 2 amide bonds. The van der Waals surface area contributed by atoms with E-state index < -0.39 is 26.6 Å². The summed E-state index contributed by atoms with van der Waals surface area (Å²) in [6.45, 7) is 0.307. The molecule has 10 heteroatoms. The van der Waals surface area contributed by atoms with Gasteiger partial charge in [-0.25, -0.2) is 22.0 Å². The lowest BCUT2D eigenvalue weighted by Crippen LogP contribution is -2.53. The van der Waals surface area contributed by atoms with Crippen molar-refractivity contribution in [1.82, 2.24) is 14.5 Å². The van der Waals surface area contributed by atoms with E-state index in [9.17, 15) is 22.0 Å². The van der Waals surface area contributed by atoms with Crippen LogP contribution in [-0.4, -0.2) is 49.8 Å². The maximum absolute atomic E-state index is 14.0. The number of carbonyl (C=O) groups is 1. The van der Waals surface area contributed by atoms with Crippen LogP contribution in [0.2, 0.25) is 5.02 Å². The van der Waals surface area contributed by atoms with Crippen LogP contribution in [0.1, 0.15) is 24.4 Å². The third-order valence-corrected chi connectivity index (χ3v) is 7.80. The van der Waals surface area contributed by atoms with Gasteiger partial charge in [0.15, 0.2) is 0 Å². The lowest BCUT2D eigenvalue weighted by Gasteiger charge is -2.35. The van der Waals surface area contributed by atoms with Crippen LogP contribution >= 0.6 is 11.6 Å². The van der Waals surface area contributed by atoms with Crippen LogP contribution < -0.4 is 5.32 Å². The lowest BCUT2D eigenvalue weighted by atomic mass is 10.0. The molecule has 1 saturated carbocycles. The average molecular weight is 470 g/mol. The molecular weight excluding hydrogens is 448 g/mol. The minimum Gasteiger partial charge on any atom is -0.331 e. The number of piperazine rings is 1. The molecule has 1 aliphatic heterocycles. The van der Waals surface area contributed by atoms with Crippen molar-refractivity contribution in [3.8, 4) is 0 Å². The van der Waals surface area contributed by atoms with Gasteiger partial charge in [0.25, 0.3) is 0 Å². The Morgan fingerprint density at radius 1 is 1.03 bits per heavy atom. The largest absolute Gasteiger partial charge is 0.331 e. The van der Waals surface area contributed by atoms with Gasteiger partial charge in [0.1, 0.15) is 16.5 Å². The number of sulfonamides is 1. The molecule has 0 radical (unpaired) electrons. The van der Waals surface area contributed by atoms with Crippen molar-refractivity contribution in [2.75, 3.05) is 26.2 Å². The van der Waals surface area contributed by atoms with Crippen molar-refractivity contribution in [2.45, 2.75) is 23.8 Å². The first-order chi connectivity index (χ1) is 14.8. The third kappa shape index (κ3) is 4.83. The summed E-state index contributed by atoms with van der Waals surface area (Å²) in [5.74, 6) is -1.47. The van der Waals surface area contributed by atoms with Crippen LogP contribution in [0.25, 0.3) is 0 Å². The first-order valence-electron chi connectivity index (χ1n) is 10.0. The van der Waals surface area contributed by atoms with Gasteiger partial charge in [-0.2, -0.15) is 4.31 Å². The van der Waals surface area contributed by atoms with Crippen LogP contribution in [0.4, 0.5) is 13.6 Å². The Hall–Kier alpha value is -2.23. The predicted molar refractivity (Wildman–Crippen MR) is 112 cm³/mol. The maximum atomic E-state index is 14.0. The van der Waals surface area contributed by atoms with E-state index in [1.54, 1.807) is 17.0 Å². The Morgan fingerprint density at radius 2 is 1.68 bits per heavy atom. The number of carbonyl (C=O) groups excluding carboxylic acids is 1. The van der Waals surface area contributed by atoms with Gasteiger partial charge >= 0.3 is 6.03 Å². The molecular formula is C21H22ClF2N3O3S. The fraction of sp³-hybridized carbons (Fsp3) is 0.381. The summed E-state index contributed by atoms with van der Waals surface area (Å²) in [5, 5.41) is 3.67. The van der Waals surface area contributed by atoms with Crippen LogP contribution in [-0.2, 0) is 10.0 Å². The van der Waals surface area contributed by atoms with Crippen molar-refractivity contribution in [3.63, 3.8) is 0 Å². The smallest absolute Gasteiger partial charge is 0.317 e. The molecule has 0 bridgehead atoms. The summed E-state index contributed by atoms with van der Waals surface area (Å²) in [6.07, 6.45) is 2.05. The van der Waals surface area contributed by atoms with Gasteiger partial charge in [0.05, 0.1) is 6.04 Å². The Bertz CT molecular complexity index is 1070. The number of amides is 2. The van der Waals surface area contributed by atoms with Gasteiger partial charge in [-0.1, -0.05) is 23.7 Å². The molecule has 0 spiro atoms. The highest BCUT2D eigenvalue weighted by Crippen LogP contribution is 2.41. The minimum atomic E-state index is -4.19. The Labute approximate surface area is 184 Å². The molecule has 2 fully saturated rings. The second-order valence-corrected chi connectivity index (χ2v) is 10.1. The number of rotatable bonds is 5. The number of hydrogen-bond donors (Lipinski definition) is 1. The van der Waals surface area contributed by atoms with Crippen molar-refractivity contribution in [3.05, 3.63) is 64.7 Å². The first-order valence-corrected chi connectivity index (χ1v) is 11.8. The number of nitrogens with one attached hydrogen (secondary N) is 1. The van der Waals surface area contributed by atoms with Crippen molar-refractivity contribution >= 4 is 27.7 Å². The highest BCUT2D eigenvalue weighted by atomic mass is 35.5. The fourth-order valence-electron chi connectivity index (χ4n) is 3.74. The van der Waals surface area contributed by atoms with Gasteiger partial charge in [-0.3, -0.25) is 0 Å². The second kappa shape index (κ2) is 8.72. The quantitative estimate of drug-likeness (QED) is 0.724. The Morgan fingerprint density at radius 3 is 2.29 bits per heavy atom. The molecule has 1 saturated heterocycles. The van der Waals surface area contributed by atoms with Gasteiger partial charge in [-0.15, -0.1) is 0 Å². The number of halogens is 3. The zero-order chi connectivity index (χ0) is 22.2. The summed E-state index contributed by atoms with van der Waals surface area (Å²) in [4.78, 5) is 13.7. The van der Waals surface area contributed by atoms with Crippen LogP contribution in [0.3, 0.4) is 0 Å². The highest BCUT2D eigenvalue weighted by Gasteiger charge is 2.36. The molecule has 31 heavy (non-hydrogen) atoms. The van der Waals surface area contributed by atoms with Crippen molar-refractivity contribution in [2.24, 2.45) is 5.92 Å². The van der Waals surface area contributed by atoms with E-state index in [2.05, 4.69) is 5.32 Å². The van der Waals surface area contributed by atoms with E-state index in [4.69, 9.17) is 11.6 Å². The number of nitrogens with zero attached hydrogens (tertiary/aromatic N) is 2. The molecule has 1 aliphatic carbocycles. The molecule has 1 N–H and O–H groups in total. The van der Waals surface area contributed by atoms with E-state index in [-0.39, 0.29) is 38.3 Å². The second-order valence-electron chi connectivity index (χ2n) is 7.78. The fourth-order valence-corrected chi connectivity index (χ4v) is 5.37. The predicted octanol–water partition coefficient (Wildman–Crippen LogP) is 3.79. The number of benzene rings is 2. The number of urea groups is 1. The van der Waals surface area contributed by atoms with E-state index >= 15 is 0 Å². The average Bonchev–Trinajstić information content (AvgIpc) is 3.59. The van der Waals surface area contributed by atoms with Gasteiger partial charge in [0, 0.05) is 31.2 Å². The van der Waals surface area contributed by atoms with Crippen molar-refractivity contribution < 1.29 is 22.0 Å². The third-order valence-electron chi connectivity index (χ3n) is 5.64. The minimum absolute atomic E-state index is 0.000741. The molecule has 4 rings (SSSR count). The molecule has 0 aromatic heterocycles. The summed E-state index contributed by atoms with van der Waals surface area (Å²) in [6, 6.07) is 9.28. The first kappa shape index (κ1) is 22.0. The van der Waals surface area contributed by atoms with E-state index in [1.807, 2.05) is 12.1 Å². The van der Waals surface area contributed by atoms with Crippen LogP contribution in [0.15, 0.2) is 47.4 Å². The molecule has 2 aromatic carbocycles. The standard InChI is InChI=1S/C21H22ClF2N3O3S/c22-16-5-3-15(4-6-16)20(14-1-2-14)25-21(28)26-9-11-27(12-10-26)31(29,30)19-13-17(23)7-8-18(19)24/h3-8,13-14,20H,1-2,9-12H2,(H,25,28). The molecule has 2 aliphatic rings. The molecule has 1 unspecified atom stereocenters. The van der Waals surface area contributed by atoms with Crippen LogP contribution in [0.5, 0.6) is 0 Å². The zero-order valence-electron chi connectivity index (χ0n) is 16.6. The number of hydrogen-bond acceptors (Lipinski definition) is 3. The van der Waals surface area contributed by atoms with Crippen LogP contribution in [0, 0.1) is 17.6 Å². The normalized spacial score (nSPS) is 18.6.